The van der Waals surface area contributed by atoms with E-state index in [2.05, 4.69) is 5.32 Å². The highest BCUT2D eigenvalue weighted by atomic mass is 35.5. The lowest BCUT2D eigenvalue weighted by Crippen LogP contribution is -2.24. The number of amides is 1. The van der Waals surface area contributed by atoms with Gasteiger partial charge in [0.05, 0.1) is 5.52 Å². The third-order valence-corrected chi connectivity index (χ3v) is 4.81. The number of anilines is 1. The van der Waals surface area contributed by atoms with E-state index < -0.39 is 6.04 Å². The zero-order chi connectivity index (χ0) is 19.7. The number of benzene rings is 3. The van der Waals surface area contributed by atoms with Gasteiger partial charge in [0.2, 0.25) is 5.91 Å². The zero-order valence-electron chi connectivity index (χ0n) is 15.1. The van der Waals surface area contributed by atoms with Gasteiger partial charge in [0, 0.05) is 21.7 Å². The van der Waals surface area contributed by atoms with Gasteiger partial charge in [-0.1, -0.05) is 41.9 Å². The Bertz CT molecular complexity index is 1140. The van der Waals surface area contributed by atoms with Crippen LogP contribution in [0.15, 0.2) is 72.8 Å². The van der Waals surface area contributed by atoms with E-state index in [1.165, 1.54) is 24.3 Å². The Morgan fingerprint density at radius 1 is 1.07 bits per heavy atom. The van der Waals surface area contributed by atoms with Crippen LogP contribution < -0.4 is 5.32 Å². The van der Waals surface area contributed by atoms with Crippen molar-refractivity contribution in [2.45, 2.75) is 13.0 Å². The van der Waals surface area contributed by atoms with E-state index in [9.17, 15) is 9.18 Å². The van der Waals surface area contributed by atoms with Crippen LogP contribution in [0, 0.1) is 5.82 Å². The number of fused-ring (bicyclic) bond motifs is 1. The van der Waals surface area contributed by atoms with Crippen molar-refractivity contribution in [2.24, 2.45) is 0 Å². The summed E-state index contributed by atoms with van der Waals surface area (Å²) in [7, 11) is 0. The van der Waals surface area contributed by atoms with E-state index in [0.29, 0.717) is 10.7 Å². The topological polar surface area (TPSA) is 46.9 Å². The van der Waals surface area contributed by atoms with Crippen molar-refractivity contribution in [3.8, 4) is 11.3 Å². The molecule has 140 valence electrons. The third-order valence-electron chi connectivity index (χ3n) is 4.57. The minimum atomic E-state index is -0.578. The van der Waals surface area contributed by atoms with Gasteiger partial charge in [-0.3, -0.25) is 9.48 Å². The maximum absolute atomic E-state index is 13.1. The highest BCUT2D eigenvalue weighted by molar-refractivity contribution is 6.31. The lowest BCUT2D eigenvalue weighted by atomic mass is 10.1. The smallest absolute Gasteiger partial charge is 0.248 e. The van der Waals surface area contributed by atoms with Gasteiger partial charge in [0.15, 0.2) is 0 Å². The molecule has 4 nitrogen and oxygen atoms in total. The molecule has 1 heterocycles. The molecular formula is C22H17ClFN3O. The molecule has 0 bridgehead atoms. The fraction of sp³-hybridized carbons (Fsp3) is 0.0909. The van der Waals surface area contributed by atoms with Crippen molar-refractivity contribution in [2.75, 3.05) is 5.32 Å². The van der Waals surface area contributed by atoms with Crippen LogP contribution in [0.5, 0.6) is 0 Å². The van der Waals surface area contributed by atoms with Gasteiger partial charge in [0.25, 0.3) is 0 Å². The second-order valence-electron chi connectivity index (χ2n) is 6.49. The van der Waals surface area contributed by atoms with Gasteiger partial charge in [-0.05, 0) is 49.4 Å². The van der Waals surface area contributed by atoms with Crippen molar-refractivity contribution in [1.29, 1.82) is 0 Å². The second kappa shape index (κ2) is 7.44. The first-order valence-corrected chi connectivity index (χ1v) is 9.20. The molecular weight excluding hydrogens is 377 g/mol. The van der Waals surface area contributed by atoms with Gasteiger partial charge in [0.1, 0.15) is 17.6 Å². The largest absolute Gasteiger partial charge is 0.324 e. The average molecular weight is 394 g/mol. The number of carbonyl (C=O) groups is 1. The van der Waals surface area contributed by atoms with E-state index in [1.54, 1.807) is 17.7 Å². The number of aromatic nitrogens is 2. The maximum Gasteiger partial charge on any atom is 0.248 e. The number of nitrogens with zero attached hydrogens (tertiary/aromatic N) is 2. The van der Waals surface area contributed by atoms with Crippen LogP contribution in [0.3, 0.4) is 0 Å². The fourth-order valence-electron chi connectivity index (χ4n) is 3.11. The Balaban J connectivity index is 1.73. The van der Waals surface area contributed by atoms with E-state index in [1.807, 2.05) is 42.5 Å². The van der Waals surface area contributed by atoms with Crippen LogP contribution in [-0.2, 0) is 4.79 Å². The molecule has 1 N–H and O–H groups in total. The highest BCUT2D eigenvalue weighted by Gasteiger charge is 2.21. The first-order chi connectivity index (χ1) is 13.5. The minimum Gasteiger partial charge on any atom is -0.324 e. The molecule has 3 aromatic carbocycles. The summed E-state index contributed by atoms with van der Waals surface area (Å²) in [6.45, 7) is 1.77. The average Bonchev–Trinajstić information content (AvgIpc) is 3.08. The Morgan fingerprint density at radius 3 is 2.50 bits per heavy atom. The summed E-state index contributed by atoms with van der Waals surface area (Å²) in [5, 5.41) is 8.99. The van der Waals surface area contributed by atoms with Crippen LogP contribution in [0.4, 0.5) is 10.1 Å². The molecule has 0 fully saturated rings. The molecule has 6 heteroatoms. The van der Waals surface area contributed by atoms with Crippen LogP contribution >= 0.6 is 11.6 Å². The quantitative estimate of drug-likeness (QED) is 0.483. The normalized spacial score (nSPS) is 12.1. The van der Waals surface area contributed by atoms with Crippen molar-refractivity contribution in [1.82, 2.24) is 9.78 Å². The molecule has 0 saturated heterocycles. The molecule has 0 aliphatic carbocycles. The summed E-state index contributed by atoms with van der Waals surface area (Å²) >= 11 is 6.20. The molecule has 0 unspecified atom stereocenters. The first-order valence-electron chi connectivity index (χ1n) is 8.82. The second-order valence-corrected chi connectivity index (χ2v) is 6.93. The molecule has 0 aliphatic heterocycles. The van der Waals surface area contributed by atoms with Crippen molar-refractivity contribution >= 4 is 34.1 Å². The maximum atomic E-state index is 13.1. The van der Waals surface area contributed by atoms with Gasteiger partial charge < -0.3 is 5.32 Å². The zero-order valence-corrected chi connectivity index (χ0v) is 15.8. The Labute approximate surface area is 166 Å². The highest BCUT2D eigenvalue weighted by Crippen LogP contribution is 2.32. The van der Waals surface area contributed by atoms with Crippen LogP contribution in [0.25, 0.3) is 22.2 Å². The van der Waals surface area contributed by atoms with Crippen LogP contribution in [-0.4, -0.2) is 15.7 Å². The molecule has 1 atom stereocenters. The summed E-state index contributed by atoms with van der Waals surface area (Å²) in [6, 6.07) is 20.3. The number of nitrogens with one attached hydrogen (secondary N) is 1. The van der Waals surface area contributed by atoms with E-state index >= 15 is 0 Å². The van der Waals surface area contributed by atoms with E-state index in [4.69, 9.17) is 16.7 Å². The molecule has 0 spiro atoms. The summed E-state index contributed by atoms with van der Waals surface area (Å²) in [5.41, 5.74) is 3.05. The summed E-state index contributed by atoms with van der Waals surface area (Å²) < 4.78 is 14.8. The monoisotopic (exact) mass is 393 g/mol. The fourth-order valence-corrected chi connectivity index (χ4v) is 3.28. The lowest BCUT2D eigenvalue weighted by molar-refractivity contribution is -0.118. The Kier molecular flexibility index (Phi) is 4.84. The number of halogens is 2. The molecule has 0 aliphatic rings. The van der Waals surface area contributed by atoms with Crippen LogP contribution in [0.1, 0.15) is 13.0 Å². The third kappa shape index (κ3) is 3.49. The SMILES string of the molecule is C[C@H](C(=O)Nc1ccc(F)cc1)n1nc(-c2ccccc2)c2cc(Cl)ccc21. The van der Waals surface area contributed by atoms with E-state index in [0.717, 1.165) is 22.2 Å². The molecule has 4 rings (SSSR count). The van der Waals surface area contributed by atoms with E-state index in [-0.39, 0.29) is 11.7 Å². The summed E-state index contributed by atoms with van der Waals surface area (Å²) in [4.78, 5) is 12.8. The number of rotatable bonds is 4. The number of hydrogen-bond donors (Lipinski definition) is 1. The van der Waals surface area contributed by atoms with Crippen LogP contribution in [0.2, 0.25) is 5.02 Å². The molecule has 28 heavy (non-hydrogen) atoms. The molecule has 1 amide bonds. The standard InChI is InChI=1S/C22H17ClFN3O/c1-14(22(28)25-18-10-8-17(24)9-11-18)27-20-12-7-16(23)13-19(20)21(26-27)15-5-3-2-4-6-15/h2-14H,1H3,(H,25,28)/t14-/m1/s1. The Morgan fingerprint density at radius 2 is 1.79 bits per heavy atom. The predicted molar refractivity (Wildman–Crippen MR) is 110 cm³/mol. The van der Waals surface area contributed by atoms with Crippen molar-refractivity contribution in [3.05, 3.63) is 83.6 Å². The molecule has 0 radical (unpaired) electrons. The predicted octanol–water partition coefficient (Wildman–Crippen LogP) is 5.70. The number of hydrogen-bond acceptors (Lipinski definition) is 2. The van der Waals surface area contributed by atoms with Gasteiger partial charge in [-0.2, -0.15) is 5.10 Å². The number of carbonyl (C=O) groups excluding carboxylic acids is 1. The first kappa shape index (κ1) is 18.2. The molecule has 1 aromatic heterocycles. The molecule has 0 saturated carbocycles. The minimum absolute atomic E-state index is 0.245. The lowest BCUT2D eigenvalue weighted by Gasteiger charge is -2.14. The van der Waals surface area contributed by atoms with Gasteiger partial charge in [-0.25, -0.2) is 4.39 Å². The van der Waals surface area contributed by atoms with Gasteiger partial charge >= 0.3 is 0 Å². The molecule has 4 aromatic rings. The summed E-state index contributed by atoms with van der Waals surface area (Å²) in [5.74, 6) is -0.598. The van der Waals surface area contributed by atoms with Crippen molar-refractivity contribution in [3.63, 3.8) is 0 Å². The van der Waals surface area contributed by atoms with Crippen molar-refractivity contribution < 1.29 is 9.18 Å². The summed E-state index contributed by atoms with van der Waals surface area (Å²) in [6.07, 6.45) is 0. The Hall–Kier alpha value is -3.18. The van der Waals surface area contributed by atoms with Gasteiger partial charge in [-0.15, -0.1) is 0 Å².